The van der Waals surface area contributed by atoms with Gasteiger partial charge in [-0.3, -0.25) is 9.59 Å². The zero-order valence-corrected chi connectivity index (χ0v) is 17.4. The summed E-state index contributed by atoms with van der Waals surface area (Å²) in [5.41, 5.74) is 3.11. The van der Waals surface area contributed by atoms with Crippen molar-refractivity contribution in [3.63, 3.8) is 0 Å². The first-order valence-electron chi connectivity index (χ1n) is 9.86. The molecule has 0 spiro atoms. The molecule has 1 aromatic heterocycles. The highest BCUT2D eigenvalue weighted by Gasteiger charge is 2.12. The lowest BCUT2D eigenvalue weighted by molar-refractivity contribution is -0.118. The van der Waals surface area contributed by atoms with Crippen LogP contribution in [0.4, 0.5) is 5.69 Å². The third-order valence-electron chi connectivity index (χ3n) is 4.56. The molecule has 6 heteroatoms. The number of anilines is 1. The molecule has 0 aliphatic carbocycles. The van der Waals surface area contributed by atoms with Gasteiger partial charge in [-0.2, -0.15) is 0 Å². The van der Waals surface area contributed by atoms with Gasteiger partial charge in [0.1, 0.15) is 11.5 Å². The molecule has 0 aliphatic heterocycles. The summed E-state index contributed by atoms with van der Waals surface area (Å²) in [5, 5.41) is 5.56. The predicted molar refractivity (Wildman–Crippen MR) is 116 cm³/mol. The molecule has 0 fully saturated rings. The average molecular weight is 406 g/mol. The van der Waals surface area contributed by atoms with Crippen LogP contribution in [-0.4, -0.2) is 18.4 Å². The second-order valence-electron chi connectivity index (χ2n) is 7.38. The van der Waals surface area contributed by atoms with Gasteiger partial charge >= 0.3 is 0 Å². The van der Waals surface area contributed by atoms with E-state index in [1.807, 2.05) is 25.1 Å². The smallest absolute Gasteiger partial charge is 0.262 e. The summed E-state index contributed by atoms with van der Waals surface area (Å²) in [6.07, 6.45) is 1.56. The molecule has 0 unspecified atom stereocenters. The number of hydrogen-bond donors (Lipinski definition) is 2. The maximum absolute atomic E-state index is 12.4. The molecule has 0 radical (unpaired) electrons. The van der Waals surface area contributed by atoms with Crippen molar-refractivity contribution in [1.82, 2.24) is 5.32 Å². The summed E-state index contributed by atoms with van der Waals surface area (Å²) in [6.45, 7) is 6.34. The molecule has 3 aromatic rings. The van der Waals surface area contributed by atoms with Gasteiger partial charge < -0.3 is 19.8 Å². The van der Waals surface area contributed by atoms with Crippen LogP contribution in [0.5, 0.6) is 5.75 Å². The number of rotatable bonds is 8. The molecule has 2 amide bonds. The Morgan fingerprint density at radius 1 is 1.07 bits per heavy atom. The standard InChI is InChI=1S/C24H26N2O4/c1-16(2)21-10-9-17(3)12-22(21)30-15-23(27)26-19-7-4-6-18(13-19)24(28)25-14-20-8-5-11-29-20/h4-13,16H,14-15H2,1-3H3,(H,25,28)(H,26,27). The lowest BCUT2D eigenvalue weighted by Gasteiger charge is -2.15. The number of amides is 2. The molecule has 2 aromatic carbocycles. The highest BCUT2D eigenvalue weighted by Crippen LogP contribution is 2.27. The van der Waals surface area contributed by atoms with E-state index in [1.54, 1.807) is 42.7 Å². The Kier molecular flexibility index (Phi) is 6.91. The Labute approximate surface area is 176 Å². The van der Waals surface area contributed by atoms with Crippen molar-refractivity contribution in [2.24, 2.45) is 0 Å². The van der Waals surface area contributed by atoms with Crippen LogP contribution in [-0.2, 0) is 11.3 Å². The molecule has 30 heavy (non-hydrogen) atoms. The third kappa shape index (κ3) is 5.73. The van der Waals surface area contributed by atoms with Crippen LogP contribution in [0.1, 0.15) is 47.0 Å². The van der Waals surface area contributed by atoms with Gasteiger partial charge in [-0.15, -0.1) is 0 Å². The predicted octanol–water partition coefficient (Wildman–Crippen LogP) is 4.66. The van der Waals surface area contributed by atoms with E-state index in [0.29, 0.717) is 35.2 Å². The first-order valence-corrected chi connectivity index (χ1v) is 9.86. The molecule has 0 saturated carbocycles. The van der Waals surface area contributed by atoms with Crippen LogP contribution in [0.15, 0.2) is 65.3 Å². The van der Waals surface area contributed by atoms with E-state index in [1.165, 1.54) is 0 Å². The van der Waals surface area contributed by atoms with E-state index in [-0.39, 0.29) is 18.4 Å². The second-order valence-corrected chi connectivity index (χ2v) is 7.38. The monoisotopic (exact) mass is 406 g/mol. The summed E-state index contributed by atoms with van der Waals surface area (Å²) < 4.78 is 11.0. The topological polar surface area (TPSA) is 80.6 Å². The van der Waals surface area contributed by atoms with Gasteiger partial charge in [-0.05, 0) is 60.4 Å². The number of benzene rings is 2. The maximum atomic E-state index is 12.4. The Bertz CT molecular complexity index is 1010. The van der Waals surface area contributed by atoms with Crippen molar-refractivity contribution >= 4 is 17.5 Å². The maximum Gasteiger partial charge on any atom is 0.262 e. The molecule has 6 nitrogen and oxygen atoms in total. The molecular weight excluding hydrogens is 380 g/mol. The zero-order valence-electron chi connectivity index (χ0n) is 17.4. The van der Waals surface area contributed by atoms with Gasteiger partial charge in [0.25, 0.3) is 11.8 Å². The normalized spacial score (nSPS) is 10.7. The summed E-state index contributed by atoms with van der Waals surface area (Å²) in [4.78, 5) is 24.7. The second kappa shape index (κ2) is 9.78. The molecule has 1 heterocycles. The van der Waals surface area contributed by atoms with Crippen LogP contribution in [0.2, 0.25) is 0 Å². The van der Waals surface area contributed by atoms with Gasteiger partial charge in [0, 0.05) is 11.3 Å². The lowest BCUT2D eigenvalue weighted by atomic mass is 10.0. The fourth-order valence-electron chi connectivity index (χ4n) is 3.00. The third-order valence-corrected chi connectivity index (χ3v) is 4.56. The summed E-state index contributed by atoms with van der Waals surface area (Å²) in [5.74, 6) is 1.13. The Hall–Kier alpha value is -3.54. The summed E-state index contributed by atoms with van der Waals surface area (Å²) in [6, 6.07) is 16.3. The van der Waals surface area contributed by atoms with Gasteiger partial charge in [-0.25, -0.2) is 0 Å². The van der Waals surface area contributed by atoms with Crippen LogP contribution in [0.3, 0.4) is 0 Å². The van der Waals surface area contributed by atoms with E-state index in [2.05, 4.69) is 24.5 Å². The van der Waals surface area contributed by atoms with Crippen LogP contribution < -0.4 is 15.4 Å². The van der Waals surface area contributed by atoms with Crippen LogP contribution in [0, 0.1) is 6.92 Å². The van der Waals surface area contributed by atoms with E-state index in [9.17, 15) is 9.59 Å². The van der Waals surface area contributed by atoms with E-state index in [0.717, 1.165) is 11.1 Å². The molecule has 2 N–H and O–H groups in total. The lowest BCUT2D eigenvalue weighted by Crippen LogP contribution is -2.23. The van der Waals surface area contributed by atoms with E-state index >= 15 is 0 Å². The highest BCUT2D eigenvalue weighted by atomic mass is 16.5. The number of aryl methyl sites for hydroxylation is 1. The number of ether oxygens (including phenoxy) is 1. The molecule has 0 saturated heterocycles. The van der Waals surface area contributed by atoms with Crippen molar-refractivity contribution in [2.75, 3.05) is 11.9 Å². The van der Waals surface area contributed by atoms with E-state index in [4.69, 9.17) is 9.15 Å². The fourth-order valence-corrected chi connectivity index (χ4v) is 3.00. The number of furan rings is 1. The highest BCUT2D eigenvalue weighted by molar-refractivity contribution is 5.97. The van der Waals surface area contributed by atoms with Crippen molar-refractivity contribution in [2.45, 2.75) is 33.2 Å². The van der Waals surface area contributed by atoms with Gasteiger partial charge in [0.05, 0.1) is 12.8 Å². The number of carbonyl (C=O) groups excluding carboxylic acids is 2. The number of nitrogens with one attached hydrogen (secondary N) is 2. The van der Waals surface area contributed by atoms with Crippen molar-refractivity contribution in [3.8, 4) is 5.75 Å². The SMILES string of the molecule is Cc1ccc(C(C)C)c(OCC(=O)Nc2cccc(C(=O)NCc3ccco3)c2)c1. The molecule has 156 valence electrons. The minimum atomic E-state index is -0.292. The largest absolute Gasteiger partial charge is 0.483 e. The Morgan fingerprint density at radius 3 is 2.63 bits per heavy atom. The van der Waals surface area contributed by atoms with Crippen LogP contribution in [0.25, 0.3) is 0 Å². The van der Waals surface area contributed by atoms with Crippen molar-refractivity contribution < 1.29 is 18.7 Å². The van der Waals surface area contributed by atoms with Gasteiger partial charge in [-0.1, -0.05) is 32.0 Å². The number of carbonyl (C=O) groups is 2. The fraction of sp³-hybridized carbons (Fsp3) is 0.250. The first-order chi connectivity index (χ1) is 14.4. The average Bonchev–Trinajstić information content (AvgIpc) is 3.24. The quantitative estimate of drug-likeness (QED) is 0.570. The molecule has 0 aliphatic rings. The molecule has 3 rings (SSSR count). The van der Waals surface area contributed by atoms with Crippen molar-refractivity contribution in [3.05, 3.63) is 83.3 Å². The minimum absolute atomic E-state index is 0.113. The van der Waals surface area contributed by atoms with E-state index < -0.39 is 0 Å². The van der Waals surface area contributed by atoms with Crippen LogP contribution >= 0.6 is 0 Å². The summed E-state index contributed by atoms with van der Waals surface area (Å²) in [7, 11) is 0. The number of hydrogen-bond acceptors (Lipinski definition) is 4. The zero-order chi connectivity index (χ0) is 21.5. The summed E-state index contributed by atoms with van der Waals surface area (Å²) >= 11 is 0. The van der Waals surface area contributed by atoms with Crippen molar-refractivity contribution in [1.29, 1.82) is 0 Å². The molecule has 0 atom stereocenters. The molecule has 0 bridgehead atoms. The van der Waals surface area contributed by atoms with Gasteiger partial charge in [0.15, 0.2) is 6.61 Å². The first kappa shape index (κ1) is 21.2. The van der Waals surface area contributed by atoms with Gasteiger partial charge in [0.2, 0.25) is 0 Å². The minimum Gasteiger partial charge on any atom is -0.483 e. The Balaban J connectivity index is 1.57. The Morgan fingerprint density at radius 2 is 1.90 bits per heavy atom. The molecular formula is C24H26N2O4.